The average Bonchev–Trinajstić information content (AvgIpc) is 2.23. The molecule has 0 radical (unpaired) electrons. The van der Waals surface area contributed by atoms with Crippen molar-refractivity contribution in [3.63, 3.8) is 0 Å². The standard InChI is InChI=1S/C10H9Br2NO/c1-13-7-5-3-2-4-6(7)8(11)9(12)10(13)14/h2-5,8-9H,1H3/t8-,9+/m1/s1. The van der Waals surface area contributed by atoms with Gasteiger partial charge in [-0.3, -0.25) is 4.79 Å². The third kappa shape index (κ3) is 1.41. The number of rotatable bonds is 0. The van der Waals surface area contributed by atoms with E-state index in [1.807, 2.05) is 24.3 Å². The summed E-state index contributed by atoms with van der Waals surface area (Å²) in [5.41, 5.74) is 2.13. The first kappa shape index (κ1) is 10.2. The van der Waals surface area contributed by atoms with Crippen LogP contribution in [0.2, 0.25) is 0 Å². The van der Waals surface area contributed by atoms with Crippen molar-refractivity contribution in [3.05, 3.63) is 29.8 Å². The number of benzene rings is 1. The zero-order valence-corrected chi connectivity index (χ0v) is 10.7. The number of hydrogen-bond acceptors (Lipinski definition) is 1. The van der Waals surface area contributed by atoms with E-state index in [-0.39, 0.29) is 15.6 Å². The first-order chi connectivity index (χ1) is 6.63. The first-order valence-electron chi connectivity index (χ1n) is 4.27. The van der Waals surface area contributed by atoms with E-state index in [1.165, 1.54) is 0 Å². The van der Waals surface area contributed by atoms with E-state index in [0.717, 1.165) is 11.3 Å². The Balaban J connectivity index is 2.56. The summed E-state index contributed by atoms with van der Waals surface area (Å²) >= 11 is 6.92. The molecule has 0 fully saturated rings. The number of alkyl halides is 2. The SMILES string of the molecule is CN1C(=O)[C@@H](Br)[C@H](Br)c2ccccc21. The fourth-order valence-electron chi connectivity index (χ4n) is 1.61. The van der Waals surface area contributed by atoms with Crippen LogP contribution >= 0.6 is 31.9 Å². The number of carbonyl (C=O) groups excluding carboxylic acids is 1. The number of fused-ring (bicyclic) bond motifs is 1. The molecule has 74 valence electrons. The number of hydrogen-bond donors (Lipinski definition) is 0. The Morgan fingerprint density at radius 3 is 2.57 bits per heavy atom. The van der Waals surface area contributed by atoms with Gasteiger partial charge < -0.3 is 4.90 Å². The van der Waals surface area contributed by atoms with Gasteiger partial charge in [0.1, 0.15) is 4.83 Å². The quantitative estimate of drug-likeness (QED) is 0.674. The summed E-state index contributed by atoms with van der Waals surface area (Å²) in [6, 6.07) is 7.92. The van der Waals surface area contributed by atoms with Crippen LogP contribution in [-0.2, 0) is 4.79 Å². The molecule has 1 aromatic carbocycles. The van der Waals surface area contributed by atoms with Crippen molar-refractivity contribution in [2.45, 2.75) is 9.65 Å². The highest BCUT2D eigenvalue weighted by atomic mass is 79.9. The van der Waals surface area contributed by atoms with E-state index in [4.69, 9.17) is 0 Å². The zero-order chi connectivity index (χ0) is 10.3. The van der Waals surface area contributed by atoms with Crippen LogP contribution in [-0.4, -0.2) is 17.8 Å². The molecule has 0 aromatic heterocycles. The van der Waals surface area contributed by atoms with Crippen molar-refractivity contribution in [1.29, 1.82) is 0 Å². The molecule has 0 bridgehead atoms. The van der Waals surface area contributed by atoms with Crippen LogP contribution in [0.5, 0.6) is 0 Å². The van der Waals surface area contributed by atoms with Crippen molar-refractivity contribution < 1.29 is 4.79 Å². The van der Waals surface area contributed by atoms with Crippen molar-refractivity contribution >= 4 is 43.5 Å². The minimum absolute atomic E-state index is 0.0578. The van der Waals surface area contributed by atoms with Crippen LogP contribution in [0, 0.1) is 0 Å². The predicted molar refractivity (Wildman–Crippen MR) is 64.2 cm³/mol. The van der Waals surface area contributed by atoms with Gasteiger partial charge in [-0.25, -0.2) is 0 Å². The molecule has 14 heavy (non-hydrogen) atoms. The Hall–Kier alpha value is -0.350. The van der Waals surface area contributed by atoms with Crippen molar-refractivity contribution in [2.24, 2.45) is 0 Å². The van der Waals surface area contributed by atoms with Crippen LogP contribution in [0.25, 0.3) is 0 Å². The van der Waals surface area contributed by atoms with Gasteiger partial charge in [0.25, 0.3) is 0 Å². The smallest absolute Gasteiger partial charge is 0.242 e. The summed E-state index contributed by atoms with van der Waals surface area (Å²) in [5.74, 6) is 0.0885. The van der Waals surface area contributed by atoms with E-state index in [1.54, 1.807) is 11.9 Å². The molecule has 1 aliphatic heterocycles. The van der Waals surface area contributed by atoms with Gasteiger partial charge in [0.2, 0.25) is 5.91 Å². The summed E-state index contributed by atoms with van der Waals surface area (Å²) in [6.45, 7) is 0. The third-order valence-corrected chi connectivity index (χ3v) is 5.07. The van der Waals surface area contributed by atoms with E-state index >= 15 is 0 Å². The van der Waals surface area contributed by atoms with Crippen LogP contribution in [0.3, 0.4) is 0 Å². The molecule has 2 nitrogen and oxygen atoms in total. The van der Waals surface area contributed by atoms with E-state index < -0.39 is 0 Å². The number of carbonyl (C=O) groups is 1. The van der Waals surface area contributed by atoms with Crippen LogP contribution < -0.4 is 4.90 Å². The summed E-state index contributed by atoms with van der Waals surface area (Å²) in [6.07, 6.45) is 0. The molecule has 0 saturated heterocycles. The maximum Gasteiger partial charge on any atom is 0.242 e. The maximum atomic E-state index is 11.7. The highest BCUT2D eigenvalue weighted by Gasteiger charge is 2.35. The Morgan fingerprint density at radius 1 is 1.21 bits per heavy atom. The van der Waals surface area contributed by atoms with E-state index in [0.29, 0.717) is 0 Å². The molecule has 2 rings (SSSR count). The lowest BCUT2D eigenvalue weighted by atomic mass is 10.0. The Morgan fingerprint density at radius 2 is 1.86 bits per heavy atom. The van der Waals surface area contributed by atoms with Crippen molar-refractivity contribution in [1.82, 2.24) is 0 Å². The second-order valence-electron chi connectivity index (χ2n) is 3.26. The largest absolute Gasteiger partial charge is 0.314 e. The minimum atomic E-state index is -0.178. The van der Waals surface area contributed by atoms with Gasteiger partial charge in [-0.05, 0) is 11.6 Å². The monoisotopic (exact) mass is 317 g/mol. The number of halogens is 2. The highest BCUT2D eigenvalue weighted by Crippen LogP contribution is 2.41. The van der Waals surface area contributed by atoms with Crippen molar-refractivity contribution in [3.8, 4) is 0 Å². The van der Waals surface area contributed by atoms with Crippen LogP contribution in [0.1, 0.15) is 10.4 Å². The van der Waals surface area contributed by atoms with Crippen molar-refractivity contribution in [2.75, 3.05) is 11.9 Å². The molecular formula is C10H9Br2NO. The summed E-state index contributed by atoms with van der Waals surface area (Å²) < 4.78 is 0. The van der Waals surface area contributed by atoms with Gasteiger partial charge >= 0.3 is 0 Å². The number of para-hydroxylation sites is 1. The number of amides is 1. The molecule has 1 aromatic rings. The predicted octanol–water partition coefficient (Wildman–Crippen LogP) is 2.86. The van der Waals surface area contributed by atoms with E-state index in [2.05, 4.69) is 31.9 Å². The third-order valence-electron chi connectivity index (χ3n) is 2.42. The normalized spacial score (nSPS) is 26.2. The lowest BCUT2D eigenvalue weighted by molar-refractivity contribution is -0.118. The van der Waals surface area contributed by atoms with Crippen LogP contribution in [0.15, 0.2) is 24.3 Å². The maximum absolute atomic E-state index is 11.7. The molecule has 1 aliphatic rings. The van der Waals surface area contributed by atoms with Gasteiger partial charge in [-0.15, -0.1) is 0 Å². The molecule has 0 aliphatic carbocycles. The van der Waals surface area contributed by atoms with Gasteiger partial charge in [0, 0.05) is 12.7 Å². The molecular weight excluding hydrogens is 310 g/mol. The second kappa shape index (κ2) is 3.66. The highest BCUT2D eigenvalue weighted by molar-refractivity contribution is 9.12. The zero-order valence-electron chi connectivity index (χ0n) is 7.58. The first-order valence-corrected chi connectivity index (χ1v) is 6.10. The Labute approximate surface area is 99.5 Å². The average molecular weight is 319 g/mol. The summed E-state index contributed by atoms with van der Waals surface area (Å²) in [5, 5.41) is 0. The Kier molecular flexibility index (Phi) is 2.66. The van der Waals surface area contributed by atoms with Crippen LogP contribution in [0.4, 0.5) is 5.69 Å². The molecule has 1 amide bonds. The second-order valence-corrected chi connectivity index (χ2v) is 5.23. The number of anilines is 1. The fourth-order valence-corrected chi connectivity index (χ4v) is 2.82. The molecule has 0 spiro atoms. The molecule has 0 saturated carbocycles. The lowest BCUT2D eigenvalue weighted by Crippen LogP contribution is -2.40. The van der Waals surface area contributed by atoms with Gasteiger partial charge in [0.15, 0.2) is 0 Å². The number of nitrogens with zero attached hydrogens (tertiary/aromatic N) is 1. The van der Waals surface area contributed by atoms with Gasteiger partial charge in [-0.2, -0.15) is 0 Å². The molecule has 2 atom stereocenters. The molecule has 0 N–H and O–H groups in total. The summed E-state index contributed by atoms with van der Waals surface area (Å²) in [7, 11) is 1.80. The lowest BCUT2D eigenvalue weighted by Gasteiger charge is -2.32. The topological polar surface area (TPSA) is 20.3 Å². The molecule has 4 heteroatoms. The Bertz CT molecular complexity index is 380. The molecule has 1 heterocycles. The van der Waals surface area contributed by atoms with E-state index in [9.17, 15) is 4.79 Å². The minimum Gasteiger partial charge on any atom is -0.314 e. The van der Waals surface area contributed by atoms with Gasteiger partial charge in [-0.1, -0.05) is 50.1 Å². The summed E-state index contributed by atoms with van der Waals surface area (Å²) in [4.78, 5) is 13.3. The van der Waals surface area contributed by atoms with Gasteiger partial charge in [0.05, 0.1) is 4.83 Å². The molecule has 0 unspecified atom stereocenters. The fraction of sp³-hybridized carbons (Fsp3) is 0.300.